The highest BCUT2D eigenvalue weighted by Gasteiger charge is 2.21. The standard InChI is InChI=1S/C12H19N3O2/c1-3-17-12-10(13)4-5-11(14-12)15(2)9-6-7-16-8-9/h4-5,9H,3,6-8,13H2,1-2H3. The molecule has 1 atom stereocenters. The van der Waals surface area contributed by atoms with Crippen molar-refractivity contribution < 1.29 is 9.47 Å². The first-order valence-corrected chi connectivity index (χ1v) is 5.92. The van der Waals surface area contributed by atoms with E-state index in [1.165, 1.54) is 0 Å². The molecule has 0 aliphatic carbocycles. The van der Waals surface area contributed by atoms with Crippen molar-refractivity contribution in [2.75, 3.05) is 37.5 Å². The van der Waals surface area contributed by atoms with Gasteiger partial charge in [0.2, 0.25) is 5.88 Å². The van der Waals surface area contributed by atoms with Gasteiger partial charge in [0.25, 0.3) is 0 Å². The summed E-state index contributed by atoms with van der Waals surface area (Å²) in [6, 6.07) is 4.14. The van der Waals surface area contributed by atoms with Gasteiger partial charge in [-0.3, -0.25) is 0 Å². The van der Waals surface area contributed by atoms with E-state index in [4.69, 9.17) is 15.2 Å². The molecule has 2 heterocycles. The predicted octanol–water partition coefficient (Wildman–Crippen LogP) is 1.29. The summed E-state index contributed by atoms with van der Waals surface area (Å²) in [7, 11) is 2.02. The number of aromatic nitrogens is 1. The summed E-state index contributed by atoms with van der Waals surface area (Å²) in [5.41, 5.74) is 6.37. The highest BCUT2D eigenvalue weighted by atomic mass is 16.5. The normalized spacial score (nSPS) is 19.3. The Balaban J connectivity index is 2.16. The maximum atomic E-state index is 5.80. The second-order valence-electron chi connectivity index (χ2n) is 4.13. The lowest BCUT2D eigenvalue weighted by Crippen LogP contribution is -2.32. The van der Waals surface area contributed by atoms with E-state index in [9.17, 15) is 0 Å². The van der Waals surface area contributed by atoms with E-state index in [2.05, 4.69) is 9.88 Å². The molecule has 1 aliphatic rings. The van der Waals surface area contributed by atoms with Crippen LogP contribution in [0.4, 0.5) is 11.5 Å². The maximum absolute atomic E-state index is 5.80. The molecular weight excluding hydrogens is 218 g/mol. The third kappa shape index (κ3) is 2.61. The predicted molar refractivity (Wildman–Crippen MR) is 67.4 cm³/mol. The van der Waals surface area contributed by atoms with Gasteiger partial charge in [-0.2, -0.15) is 4.98 Å². The lowest BCUT2D eigenvalue weighted by atomic mass is 10.2. The number of anilines is 2. The number of hydrogen-bond donors (Lipinski definition) is 1. The van der Waals surface area contributed by atoms with Crippen molar-refractivity contribution >= 4 is 11.5 Å². The highest BCUT2D eigenvalue weighted by molar-refractivity contribution is 5.54. The van der Waals surface area contributed by atoms with Crippen LogP contribution in [-0.4, -0.2) is 37.9 Å². The van der Waals surface area contributed by atoms with Crippen LogP contribution in [0.3, 0.4) is 0 Å². The number of pyridine rings is 1. The first kappa shape index (κ1) is 12.0. The average Bonchev–Trinajstić information content (AvgIpc) is 2.85. The van der Waals surface area contributed by atoms with Crippen molar-refractivity contribution in [2.45, 2.75) is 19.4 Å². The van der Waals surface area contributed by atoms with Crippen molar-refractivity contribution in [3.63, 3.8) is 0 Å². The summed E-state index contributed by atoms with van der Waals surface area (Å²) in [5.74, 6) is 1.38. The Morgan fingerprint density at radius 2 is 2.41 bits per heavy atom. The molecule has 1 saturated heterocycles. The van der Waals surface area contributed by atoms with Crippen LogP contribution in [0.15, 0.2) is 12.1 Å². The third-order valence-electron chi connectivity index (χ3n) is 2.97. The molecule has 0 bridgehead atoms. The van der Waals surface area contributed by atoms with E-state index in [-0.39, 0.29) is 0 Å². The summed E-state index contributed by atoms with van der Waals surface area (Å²) in [4.78, 5) is 6.55. The van der Waals surface area contributed by atoms with Gasteiger partial charge in [0, 0.05) is 13.7 Å². The van der Waals surface area contributed by atoms with Crippen LogP contribution in [0.5, 0.6) is 5.88 Å². The Morgan fingerprint density at radius 1 is 1.59 bits per heavy atom. The van der Waals surface area contributed by atoms with Crippen LogP contribution in [-0.2, 0) is 4.74 Å². The van der Waals surface area contributed by atoms with Crippen molar-refractivity contribution in [3.05, 3.63) is 12.1 Å². The molecule has 0 spiro atoms. The number of nitrogens with two attached hydrogens (primary N) is 1. The zero-order valence-corrected chi connectivity index (χ0v) is 10.3. The number of rotatable bonds is 4. The Morgan fingerprint density at radius 3 is 3.06 bits per heavy atom. The lowest BCUT2D eigenvalue weighted by Gasteiger charge is -2.24. The summed E-state index contributed by atoms with van der Waals surface area (Å²) in [5, 5.41) is 0. The number of ether oxygens (including phenoxy) is 2. The minimum atomic E-state index is 0.389. The molecule has 1 fully saturated rings. The van der Waals surface area contributed by atoms with E-state index in [1.807, 2.05) is 26.1 Å². The van der Waals surface area contributed by atoms with E-state index in [1.54, 1.807) is 0 Å². The Hall–Kier alpha value is -1.49. The van der Waals surface area contributed by atoms with Crippen molar-refractivity contribution in [1.82, 2.24) is 4.98 Å². The number of likely N-dealkylation sites (N-methyl/N-ethyl adjacent to an activating group) is 1. The Labute approximate surface area is 102 Å². The lowest BCUT2D eigenvalue weighted by molar-refractivity contribution is 0.193. The van der Waals surface area contributed by atoms with Crippen molar-refractivity contribution in [1.29, 1.82) is 0 Å². The first-order valence-electron chi connectivity index (χ1n) is 5.92. The van der Waals surface area contributed by atoms with Gasteiger partial charge in [0.1, 0.15) is 5.82 Å². The molecule has 0 radical (unpaired) electrons. The van der Waals surface area contributed by atoms with Crippen LogP contribution in [0.2, 0.25) is 0 Å². The van der Waals surface area contributed by atoms with Crippen LogP contribution in [0.25, 0.3) is 0 Å². The number of nitrogens with zero attached hydrogens (tertiary/aromatic N) is 2. The summed E-state index contributed by atoms with van der Waals surface area (Å²) in [6.45, 7) is 4.06. The second-order valence-corrected chi connectivity index (χ2v) is 4.13. The fourth-order valence-electron chi connectivity index (χ4n) is 1.90. The maximum Gasteiger partial charge on any atom is 0.239 e. The van der Waals surface area contributed by atoms with Gasteiger partial charge in [-0.15, -0.1) is 0 Å². The smallest absolute Gasteiger partial charge is 0.239 e. The molecule has 17 heavy (non-hydrogen) atoms. The van der Waals surface area contributed by atoms with E-state index in [0.717, 1.165) is 25.5 Å². The van der Waals surface area contributed by atoms with Gasteiger partial charge in [0.15, 0.2) is 0 Å². The molecule has 5 heteroatoms. The molecule has 0 saturated carbocycles. The molecule has 2 rings (SSSR count). The average molecular weight is 237 g/mol. The Kier molecular flexibility index (Phi) is 3.68. The van der Waals surface area contributed by atoms with Crippen molar-refractivity contribution in [2.24, 2.45) is 0 Å². The molecule has 1 aliphatic heterocycles. The van der Waals surface area contributed by atoms with E-state index in [0.29, 0.717) is 24.2 Å². The molecule has 1 aromatic heterocycles. The second kappa shape index (κ2) is 5.23. The minimum absolute atomic E-state index is 0.389. The van der Waals surface area contributed by atoms with Crippen LogP contribution in [0.1, 0.15) is 13.3 Å². The molecular formula is C12H19N3O2. The summed E-state index contributed by atoms with van der Waals surface area (Å²) >= 11 is 0. The van der Waals surface area contributed by atoms with E-state index >= 15 is 0 Å². The fourth-order valence-corrected chi connectivity index (χ4v) is 1.90. The summed E-state index contributed by atoms with van der Waals surface area (Å²) in [6.07, 6.45) is 1.03. The highest BCUT2D eigenvalue weighted by Crippen LogP contribution is 2.25. The molecule has 5 nitrogen and oxygen atoms in total. The minimum Gasteiger partial charge on any atom is -0.476 e. The summed E-state index contributed by atoms with van der Waals surface area (Å²) < 4.78 is 10.8. The van der Waals surface area contributed by atoms with Crippen LogP contribution < -0.4 is 15.4 Å². The zero-order chi connectivity index (χ0) is 12.3. The molecule has 0 amide bonds. The van der Waals surface area contributed by atoms with Gasteiger partial charge in [-0.1, -0.05) is 0 Å². The molecule has 94 valence electrons. The molecule has 2 N–H and O–H groups in total. The fraction of sp³-hybridized carbons (Fsp3) is 0.583. The molecule has 1 unspecified atom stereocenters. The zero-order valence-electron chi connectivity index (χ0n) is 10.3. The van der Waals surface area contributed by atoms with Crippen LogP contribution >= 0.6 is 0 Å². The van der Waals surface area contributed by atoms with Gasteiger partial charge in [-0.05, 0) is 25.5 Å². The topological polar surface area (TPSA) is 60.6 Å². The quantitative estimate of drug-likeness (QED) is 0.855. The SMILES string of the molecule is CCOc1nc(N(C)C2CCOC2)ccc1N. The van der Waals surface area contributed by atoms with Gasteiger partial charge >= 0.3 is 0 Å². The number of nitrogen functional groups attached to an aromatic ring is 1. The van der Waals surface area contributed by atoms with E-state index < -0.39 is 0 Å². The largest absolute Gasteiger partial charge is 0.476 e. The Bertz CT molecular complexity index is 378. The monoisotopic (exact) mass is 237 g/mol. The first-order chi connectivity index (χ1) is 8.22. The number of hydrogen-bond acceptors (Lipinski definition) is 5. The third-order valence-corrected chi connectivity index (χ3v) is 2.97. The molecule has 0 aromatic carbocycles. The van der Waals surface area contributed by atoms with Gasteiger partial charge < -0.3 is 20.1 Å². The molecule has 1 aromatic rings. The van der Waals surface area contributed by atoms with Gasteiger partial charge in [-0.25, -0.2) is 0 Å². The van der Waals surface area contributed by atoms with Crippen molar-refractivity contribution in [3.8, 4) is 5.88 Å². The van der Waals surface area contributed by atoms with Gasteiger partial charge in [0.05, 0.1) is 24.9 Å². The van der Waals surface area contributed by atoms with Crippen LogP contribution in [0, 0.1) is 0 Å².